The molecule has 0 bridgehead atoms. The number of rotatable bonds is 1. The van der Waals surface area contributed by atoms with E-state index in [9.17, 15) is 0 Å². The van der Waals surface area contributed by atoms with Gasteiger partial charge in [0.05, 0.1) is 5.69 Å². The molecular weight excluding hydrogens is 111 g/mol. The summed E-state index contributed by atoms with van der Waals surface area (Å²) in [7, 11) is 2.10. The first-order chi connectivity index (χ1) is 4.24. The molecule has 2 nitrogen and oxygen atoms in total. The Morgan fingerprint density at radius 2 is 2.33 bits per heavy atom. The van der Waals surface area contributed by atoms with Gasteiger partial charge in [0.2, 0.25) is 0 Å². The third-order valence-electron chi connectivity index (χ3n) is 1.40. The minimum absolute atomic E-state index is 0.972. The molecule has 1 aromatic heterocycles. The van der Waals surface area contributed by atoms with Gasteiger partial charge in [0.1, 0.15) is 7.85 Å². The van der Waals surface area contributed by atoms with Crippen molar-refractivity contribution in [2.45, 2.75) is 20.3 Å². The molecule has 0 fully saturated rings. The number of hydrogen-bond acceptors (Lipinski definition) is 1. The van der Waals surface area contributed by atoms with Gasteiger partial charge in [-0.3, -0.25) is 4.68 Å². The van der Waals surface area contributed by atoms with Crippen LogP contribution in [0.2, 0.25) is 0 Å². The second-order valence-electron chi connectivity index (χ2n) is 2.24. The first kappa shape index (κ1) is 6.40. The number of nitrogens with zero attached hydrogens (tertiary/aromatic N) is 2. The fourth-order valence-corrected chi connectivity index (χ4v) is 0.995. The molecule has 1 aromatic rings. The molecule has 0 radical (unpaired) electrons. The number of aromatic nitrogens is 2. The summed E-state index contributed by atoms with van der Waals surface area (Å²) in [5.41, 5.74) is 2.35. The van der Waals surface area contributed by atoms with Gasteiger partial charge in [-0.05, 0) is 19.9 Å². The SMILES string of the molecule is BCn1nc(C)cc1C. The van der Waals surface area contributed by atoms with Gasteiger partial charge in [-0.25, -0.2) is 0 Å². The topological polar surface area (TPSA) is 17.8 Å². The molecule has 0 aromatic carbocycles. The maximum absolute atomic E-state index is 4.25. The van der Waals surface area contributed by atoms with Crippen LogP contribution in [-0.2, 0) is 6.44 Å². The predicted molar refractivity (Wildman–Crippen MR) is 40.2 cm³/mol. The van der Waals surface area contributed by atoms with Crippen molar-refractivity contribution in [3.8, 4) is 0 Å². The highest BCUT2D eigenvalue weighted by Crippen LogP contribution is 1.99. The summed E-state index contributed by atoms with van der Waals surface area (Å²) in [5, 5.41) is 4.25. The second kappa shape index (κ2) is 2.25. The fourth-order valence-electron chi connectivity index (χ4n) is 0.995. The molecule has 0 spiro atoms. The molecule has 0 aliphatic heterocycles. The van der Waals surface area contributed by atoms with Gasteiger partial charge in [0.25, 0.3) is 0 Å². The van der Waals surface area contributed by atoms with Crippen LogP contribution in [0.15, 0.2) is 6.07 Å². The average Bonchev–Trinajstić information content (AvgIpc) is 2.10. The Bertz CT molecular complexity index is 205. The maximum atomic E-state index is 4.25. The van der Waals surface area contributed by atoms with E-state index in [0.717, 1.165) is 12.1 Å². The normalized spacial score (nSPS) is 10.0. The van der Waals surface area contributed by atoms with Gasteiger partial charge in [0, 0.05) is 12.1 Å². The molecule has 9 heavy (non-hydrogen) atoms. The summed E-state index contributed by atoms with van der Waals surface area (Å²) >= 11 is 0. The molecule has 0 saturated carbocycles. The Kier molecular flexibility index (Phi) is 1.60. The van der Waals surface area contributed by atoms with Crippen molar-refractivity contribution < 1.29 is 0 Å². The molecule has 0 atom stereocenters. The van der Waals surface area contributed by atoms with Crippen molar-refractivity contribution in [3.05, 3.63) is 17.5 Å². The quantitative estimate of drug-likeness (QED) is 0.482. The van der Waals surface area contributed by atoms with E-state index in [1.54, 1.807) is 0 Å². The van der Waals surface area contributed by atoms with Crippen molar-refractivity contribution >= 4 is 7.85 Å². The van der Waals surface area contributed by atoms with Crippen molar-refractivity contribution in [2.24, 2.45) is 0 Å². The minimum Gasteiger partial charge on any atom is -0.278 e. The van der Waals surface area contributed by atoms with Gasteiger partial charge >= 0.3 is 0 Å². The molecule has 0 aliphatic rings. The maximum Gasteiger partial charge on any atom is 0.129 e. The third-order valence-corrected chi connectivity index (χ3v) is 1.40. The van der Waals surface area contributed by atoms with Crippen molar-refractivity contribution in [1.82, 2.24) is 9.78 Å². The molecular formula is C6H11BN2. The first-order valence-corrected chi connectivity index (χ1v) is 3.25. The minimum atomic E-state index is 0.972. The molecule has 0 N–H and O–H groups in total. The zero-order valence-electron chi connectivity index (χ0n) is 6.18. The summed E-state index contributed by atoms with van der Waals surface area (Å²) in [4.78, 5) is 0. The predicted octanol–water partition coefficient (Wildman–Crippen LogP) is 0.0905. The third kappa shape index (κ3) is 1.15. The van der Waals surface area contributed by atoms with E-state index < -0.39 is 0 Å². The van der Waals surface area contributed by atoms with E-state index in [1.807, 2.05) is 11.6 Å². The Morgan fingerprint density at radius 3 is 2.56 bits per heavy atom. The van der Waals surface area contributed by atoms with Crippen LogP contribution in [-0.4, -0.2) is 17.6 Å². The lowest BCUT2D eigenvalue weighted by molar-refractivity contribution is 0.709. The van der Waals surface area contributed by atoms with Gasteiger partial charge < -0.3 is 0 Å². The molecule has 1 heterocycles. The van der Waals surface area contributed by atoms with E-state index >= 15 is 0 Å². The molecule has 0 saturated heterocycles. The van der Waals surface area contributed by atoms with Crippen LogP contribution in [0.1, 0.15) is 11.4 Å². The lowest BCUT2D eigenvalue weighted by atomic mass is 10.2. The van der Waals surface area contributed by atoms with E-state index in [2.05, 4.69) is 25.9 Å². The lowest BCUT2D eigenvalue weighted by Gasteiger charge is -1.95. The van der Waals surface area contributed by atoms with Crippen molar-refractivity contribution in [1.29, 1.82) is 0 Å². The smallest absolute Gasteiger partial charge is 0.129 e. The van der Waals surface area contributed by atoms with Gasteiger partial charge in [0.15, 0.2) is 0 Å². The molecule has 0 aliphatic carbocycles. The Morgan fingerprint density at radius 1 is 1.67 bits per heavy atom. The molecule has 1 rings (SSSR count). The zero-order valence-corrected chi connectivity index (χ0v) is 6.18. The lowest BCUT2D eigenvalue weighted by Crippen LogP contribution is -2.01. The summed E-state index contributed by atoms with van der Waals surface area (Å²) in [6.45, 7) is 4.09. The van der Waals surface area contributed by atoms with E-state index in [4.69, 9.17) is 0 Å². The van der Waals surface area contributed by atoms with Crippen LogP contribution in [0.25, 0.3) is 0 Å². The molecule has 0 unspecified atom stereocenters. The summed E-state index contributed by atoms with van der Waals surface area (Å²) < 4.78 is 2.00. The summed E-state index contributed by atoms with van der Waals surface area (Å²) in [6.07, 6.45) is 0.972. The van der Waals surface area contributed by atoms with Crippen LogP contribution in [0.3, 0.4) is 0 Å². The van der Waals surface area contributed by atoms with Crippen molar-refractivity contribution in [2.75, 3.05) is 0 Å². The van der Waals surface area contributed by atoms with Crippen LogP contribution >= 0.6 is 0 Å². The van der Waals surface area contributed by atoms with Crippen LogP contribution in [0, 0.1) is 13.8 Å². The first-order valence-electron chi connectivity index (χ1n) is 3.25. The molecule has 3 heteroatoms. The largest absolute Gasteiger partial charge is 0.278 e. The highest BCUT2D eigenvalue weighted by atomic mass is 15.3. The second-order valence-corrected chi connectivity index (χ2v) is 2.24. The van der Waals surface area contributed by atoms with Crippen LogP contribution in [0.4, 0.5) is 0 Å². The van der Waals surface area contributed by atoms with E-state index in [1.165, 1.54) is 5.69 Å². The van der Waals surface area contributed by atoms with E-state index in [-0.39, 0.29) is 0 Å². The zero-order chi connectivity index (χ0) is 6.85. The van der Waals surface area contributed by atoms with Gasteiger partial charge in [-0.2, -0.15) is 5.10 Å². The van der Waals surface area contributed by atoms with Gasteiger partial charge in [-0.15, -0.1) is 0 Å². The summed E-state index contributed by atoms with van der Waals surface area (Å²) in [6, 6.07) is 2.09. The van der Waals surface area contributed by atoms with E-state index in [0.29, 0.717) is 0 Å². The summed E-state index contributed by atoms with van der Waals surface area (Å²) in [5.74, 6) is 0. The monoisotopic (exact) mass is 122 g/mol. The fraction of sp³-hybridized carbons (Fsp3) is 0.500. The molecule has 0 amide bonds. The average molecular weight is 122 g/mol. The van der Waals surface area contributed by atoms with Crippen LogP contribution in [0.5, 0.6) is 0 Å². The highest BCUT2D eigenvalue weighted by molar-refractivity contribution is 6.06. The Balaban J connectivity index is 3.01. The number of aryl methyl sites for hydroxylation is 2. The highest BCUT2D eigenvalue weighted by Gasteiger charge is 1.95. The Labute approximate surface area is 56.3 Å². The van der Waals surface area contributed by atoms with Gasteiger partial charge in [-0.1, -0.05) is 0 Å². The van der Waals surface area contributed by atoms with Crippen LogP contribution < -0.4 is 0 Å². The number of hydrogen-bond donors (Lipinski definition) is 0. The Hall–Kier alpha value is -0.725. The van der Waals surface area contributed by atoms with Crippen molar-refractivity contribution in [3.63, 3.8) is 0 Å². The standard InChI is InChI=1S/C6H11BN2/c1-5-3-6(2)9(4-7)8-5/h3H,4,7H2,1-2H3. The molecule has 48 valence electrons.